The smallest absolute Gasteiger partial charge is 0.291 e. The van der Waals surface area contributed by atoms with Gasteiger partial charge in [-0.05, 0) is 92.3 Å². The third kappa shape index (κ3) is 5.41. The standard InChI is InChI=1S/C24H20N4O3S/c1-15-14-16(2)26-24(25-15)32-20-11-9-19(10-12-20)27-22(29)17-5-7-18(8-6-17)28-23(30)21-4-3-13-31-21/h3-14H,1-2H3,(H,27,29)(H,28,30). The maximum atomic E-state index is 12.5. The summed E-state index contributed by atoms with van der Waals surface area (Å²) in [5.41, 5.74) is 3.57. The highest BCUT2D eigenvalue weighted by Crippen LogP contribution is 2.26. The molecule has 0 aliphatic heterocycles. The van der Waals surface area contributed by atoms with Crippen LogP contribution in [0.3, 0.4) is 0 Å². The number of nitrogens with zero attached hydrogens (tertiary/aromatic N) is 2. The number of anilines is 2. The molecule has 0 bridgehead atoms. The lowest BCUT2D eigenvalue weighted by molar-refractivity contribution is 0.0995. The quantitative estimate of drug-likeness (QED) is 0.390. The van der Waals surface area contributed by atoms with E-state index in [1.807, 2.05) is 44.2 Å². The molecule has 0 atom stereocenters. The van der Waals surface area contributed by atoms with Crippen LogP contribution in [0.15, 0.2) is 87.5 Å². The van der Waals surface area contributed by atoms with E-state index in [4.69, 9.17) is 4.42 Å². The summed E-state index contributed by atoms with van der Waals surface area (Å²) in [4.78, 5) is 34.4. The first-order valence-electron chi connectivity index (χ1n) is 9.83. The van der Waals surface area contributed by atoms with Gasteiger partial charge >= 0.3 is 0 Å². The Morgan fingerprint density at radius 1 is 0.812 bits per heavy atom. The van der Waals surface area contributed by atoms with Gasteiger partial charge in [0.15, 0.2) is 10.9 Å². The van der Waals surface area contributed by atoms with Gasteiger partial charge in [0.05, 0.1) is 6.26 Å². The number of furan rings is 1. The zero-order chi connectivity index (χ0) is 22.5. The van der Waals surface area contributed by atoms with E-state index in [-0.39, 0.29) is 17.6 Å². The van der Waals surface area contributed by atoms with E-state index in [1.54, 1.807) is 36.4 Å². The van der Waals surface area contributed by atoms with Crippen molar-refractivity contribution < 1.29 is 14.0 Å². The van der Waals surface area contributed by atoms with Gasteiger partial charge in [-0.15, -0.1) is 0 Å². The largest absolute Gasteiger partial charge is 0.459 e. The fourth-order valence-corrected chi connectivity index (χ4v) is 3.82. The van der Waals surface area contributed by atoms with Gasteiger partial charge in [0.2, 0.25) is 0 Å². The molecule has 0 aliphatic rings. The predicted octanol–water partition coefficient (Wildman–Crippen LogP) is 5.34. The molecule has 0 spiro atoms. The minimum atomic E-state index is -0.351. The third-order valence-corrected chi connectivity index (χ3v) is 5.31. The summed E-state index contributed by atoms with van der Waals surface area (Å²) in [6.45, 7) is 3.88. The molecule has 2 amide bonds. The SMILES string of the molecule is Cc1cc(C)nc(Sc2ccc(NC(=O)c3ccc(NC(=O)c4ccco4)cc3)cc2)n1. The first kappa shape index (κ1) is 21.3. The van der Waals surface area contributed by atoms with Gasteiger partial charge in [0, 0.05) is 33.2 Å². The number of nitrogens with one attached hydrogen (secondary N) is 2. The van der Waals surface area contributed by atoms with E-state index in [1.165, 1.54) is 18.0 Å². The van der Waals surface area contributed by atoms with Crippen LogP contribution in [0, 0.1) is 13.8 Å². The number of aromatic nitrogens is 2. The summed E-state index contributed by atoms with van der Waals surface area (Å²) in [6, 6.07) is 19.3. The molecule has 8 heteroatoms. The van der Waals surface area contributed by atoms with Gasteiger partial charge in [-0.25, -0.2) is 9.97 Å². The van der Waals surface area contributed by atoms with Crippen molar-refractivity contribution in [3.8, 4) is 0 Å². The van der Waals surface area contributed by atoms with Crippen LogP contribution in [0.2, 0.25) is 0 Å². The molecule has 2 N–H and O–H groups in total. The normalized spacial score (nSPS) is 10.6. The molecule has 0 fully saturated rings. The van der Waals surface area contributed by atoms with Gasteiger partial charge in [0.25, 0.3) is 11.8 Å². The van der Waals surface area contributed by atoms with E-state index in [2.05, 4.69) is 20.6 Å². The molecule has 0 radical (unpaired) electrons. The average molecular weight is 445 g/mol. The van der Waals surface area contributed by atoms with E-state index in [0.29, 0.717) is 22.1 Å². The summed E-state index contributed by atoms with van der Waals surface area (Å²) < 4.78 is 5.06. The van der Waals surface area contributed by atoms with Gasteiger partial charge in [-0.3, -0.25) is 9.59 Å². The van der Waals surface area contributed by atoms with Crippen LogP contribution in [0.1, 0.15) is 32.3 Å². The van der Waals surface area contributed by atoms with E-state index in [9.17, 15) is 9.59 Å². The zero-order valence-corrected chi connectivity index (χ0v) is 18.3. The van der Waals surface area contributed by atoms with Crippen molar-refractivity contribution in [1.82, 2.24) is 9.97 Å². The van der Waals surface area contributed by atoms with Crippen molar-refractivity contribution in [1.29, 1.82) is 0 Å². The van der Waals surface area contributed by atoms with Crippen molar-refractivity contribution in [3.63, 3.8) is 0 Å². The lowest BCUT2D eigenvalue weighted by Crippen LogP contribution is -2.13. The van der Waals surface area contributed by atoms with Crippen LogP contribution >= 0.6 is 11.8 Å². The number of benzene rings is 2. The van der Waals surface area contributed by atoms with Gasteiger partial charge in [-0.2, -0.15) is 0 Å². The zero-order valence-electron chi connectivity index (χ0n) is 17.5. The third-order valence-electron chi connectivity index (χ3n) is 4.43. The van der Waals surface area contributed by atoms with E-state index >= 15 is 0 Å². The molecular weight excluding hydrogens is 424 g/mol. The van der Waals surface area contributed by atoms with Gasteiger partial charge in [0.1, 0.15) is 0 Å². The first-order chi connectivity index (χ1) is 15.5. The second-order valence-electron chi connectivity index (χ2n) is 7.02. The highest BCUT2D eigenvalue weighted by Gasteiger charge is 2.10. The Hall–Kier alpha value is -3.91. The number of carbonyl (C=O) groups is 2. The van der Waals surface area contributed by atoms with Crippen LogP contribution in [0.4, 0.5) is 11.4 Å². The topological polar surface area (TPSA) is 97.1 Å². The van der Waals surface area contributed by atoms with Crippen LogP contribution < -0.4 is 10.6 Å². The number of rotatable bonds is 6. The molecule has 0 saturated heterocycles. The minimum Gasteiger partial charge on any atom is -0.459 e. The molecule has 160 valence electrons. The lowest BCUT2D eigenvalue weighted by atomic mass is 10.2. The Morgan fingerprint density at radius 3 is 2.00 bits per heavy atom. The summed E-state index contributed by atoms with van der Waals surface area (Å²) in [5, 5.41) is 6.28. The van der Waals surface area contributed by atoms with E-state index < -0.39 is 0 Å². The molecule has 0 saturated carbocycles. The van der Waals surface area contributed by atoms with Crippen molar-refractivity contribution in [3.05, 3.63) is 95.7 Å². The average Bonchev–Trinajstić information content (AvgIpc) is 3.30. The fourth-order valence-electron chi connectivity index (χ4n) is 2.96. The van der Waals surface area contributed by atoms with Gasteiger partial charge < -0.3 is 15.1 Å². The minimum absolute atomic E-state index is 0.220. The monoisotopic (exact) mass is 444 g/mol. The molecule has 2 aromatic carbocycles. The molecule has 0 unspecified atom stereocenters. The molecule has 0 aliphatic carbocycles. The lowest BCUT2D eigenvalue weighted by Gasteiger charge is -2.08. The predicted molar refractivity (Wildman–Crippen MR) is 123 cm³/mol. The van der Waals surface area contributed by atoms with E-state index in [0.717, 1.165) is 16.3 Å². The number of hydrogen-bond acceptors (Lipinski definition) is 6. The first-order valence-corrected chi connectivity index (χ1v) is 10.6. The number of aryl methyl sites for hydroxylation is 2. The Balaban J connectivity index is 1.35. The van der Waals surface area contributed by atoms with Crippen LogP contribution in [0.25, 0.3) is 0 Å². The molecule has 32 heavy (non-hydrogen) atoms. The van der Waals surface area contributed by atoms with Crippen LogP contribution in [-0.2, 0) is 0 Å². The highest BCUT2D eigenvalue weighted by molar-refractivity contribution is 7.99. The van der Waals surface area contributed by atoms with Crippen LogP contribution in [0.5, 0.6) is 0 Å². The number of amides is 2. The second kappa shape index (κ2) is 9.49. The fraction of sp³-hybridized carbons (Fsp3) is 0.0833. The molecule has 4 rings (SSSR count). The maximum Gasteiger partial charge on any atom is 0.291 e. The number of hydrogen-bond donors (Lipinski definition) is 2. The molecular formula is C24H20N4O3S. The summed E-state index contributed by atoms with van der Waals surface area (Å²) in [5.74, 6) is -0.374. The number of carbonyl (C=O) groups excluding carboxylic acids is 2. The second-order valence-corrected chi connectivity index (χ2v) is 8.06. The molecule has 4 aromatic rings. The summed E-state index contributed by atoms with van der Waals surface area (Å²) in [6.07, 6.45) is 1.44. The van der Waals surface area contributed by atoms with Crippen molar-refractivity contribution in [2.45, 2.75) is 23.9 Å². The highest BCUT2D eigenvalue weighted by atomic mass is 32.2. The van der Waals surface area contributed by atoms with Crippen LogP contribution in [-0.4, -0.2) is 21.8 Å². The van der Waals surface area contributed by atoms with Crippen molar-refractivity contribution in [2.24, 2.45) is 0 Å². The summed E-state index contributed by atoms with van der Waals surface area (Å²) >= 11 is 1.47. The van der Waals surface area contributed by atoms with Crippen molar-refractivity contribution >= 4 is 35.0 Å². The molecule has 2 aromatic heterocycles. The Labute approximate surface area is 189 Å². The Kier molecular flexibility index (Phi) is 6.32. The maximum absolute atomic E-state index is 12.5. The Bertz CT molecular complexity index is 1220. The molecule has 2 heterocycles. The van der Waals surface area contributed by atoms with Gasteiger partial charge in [-0.1, -0.05) is 0 Å². The Morgan fingerprint density at radius 2 is 1.41 bits per heavy atom. The molecule has 7 nitrogen and oxygen atoms in total. The summed E-state index contributed by atoms with van der Waals surface area (Å²) in [7, 11) is 0. The van der Waals surface area contributed by atoms with Crippen molar-refractivity contribution in [2.75, 3.05) is 10.6 Å².